The summed E-state index contributed by atoms with van der Waals surface area (Å²) in [4.78, 5) is 15.9. The summed E-state index contributed by atoms with van der Waals surface area (Å²) in [6.07, 6.45) is 1.61. The van der Waals surface area contributed by atoms with E-state index in [0.29, 0.717) is 41.8 Å². The molecule has 1 aromatic carbocycles. The van der Waals surface area contributed by atoms with Crippen molar-refractivity contribution in [1.29, 1.82) is 5.26 Å². The van der Waals surface area contributed by atoms with Gasteiger partial charge in [0.2, 0.25) is 5.95 Å². The maximum Gasteiger partial charge on any atom is 0.254 e. The number of benzene rings is 1. The van der Waals surface area contributed by atoms with Crippen LogP contribution in [0.15, 0.2) is 30.6 Å². The fourth-order valence-corrected chi connectivity index (χ4v) is 2.90. The smallest absolute Gasteiger partial charge is 0.254 e. The molecule has 0 bridgehead atoms. The first kappa shape index (κ1) is 15.4. The van der Waals surface area contributed by atoms with Crippen LogP contribution < -0.4 is 4.90 Å². The average Bonchev–Trinajstić information content (AvgIpc) is 3.05. The van der Waals surface area contributed by atoms with E-state index in [-0.39, 0.29) is 6.54 Å². The second-order valence-electron chi connectivity index (χ2n) is 5.76. The Balaban J connectivity index is 1.91. The quantitative estimate of drug-likeness (QED) is 0.667. The summed E-state index contributed by atoms with van der Waals surface area (Å²) < 4.78 is 7.12. The number of hydrogen-bond donors (Lipinski definition) is 0. The number of morpholine rings is 1. The molecule has 0 radical (unpaired) electrons. The van der Waals surface area contributed by atoms with Crippen LogP contribution in [0, 0.1) is 11.3 Å². The van der Waals surface area contributed by atoms with Gasteiger partial charge in [0.15, 0.2) is 5.65 Å². The van der Waals surface area contributed by atoms with E-state index in [1.54, 1.807) is 23.0 Å². The molecule has 0 amide bonds. The Morgan fingerprint density at radius 1 is 1.24 bits per heavy atom. The summed E-state index contributed by atoms with van der Waals surface area (Å²) >= 11 is 0. The van der Waals surface area contributed by atoms with Crippen molar-refractivity contribution in [2.45, 2.75) is 6.54 Å². The minimum atomic E-state index is 0.175. The second kappa shape index (κ2) is 6.37. The summed E-state index contributed by atoms with van der Waals surface area (Å²) in [5.74, 6) is 1.01. The van der Waals surface area contributed by atoms with Crippen molar-refractivity contribution in [3.05, 3.63) is 30.6 Å². The highest BCUT2D eigenvalue weighted by atomic mass is 16.5. The van der Waals surface area contributed by atoms with E-state index >= 15 is 0 Å². The van der Waals surface area contributed by atoms with Gasteiger partial charge >= 0.3 is 0 Å². The SMILES string of the molecule is N#CCn1cnc2c(-c3cccc([OH2+])c3)nc(N3CCOCC3)nc21. The van der Waals surface area contributed by atoms with Crippen LogP contribution in [-0.4, -0.2) is 50.9 Å². The van der Waals surface area contributed by atoms with Gasteiger partial charge in [0, 0.05) is 30.8 Å². The van der Waals surface area contributed by atoms with Gasteiger partial charge in [-0.3, -0.25) is 0 Å². The lowest BCUT2D eigenvalue weighted by atomic mass is 10.1. The first-order chi connectivity index (χ1) is 12.3. The molecule has 2 N–H and O–H groups in total. The Labute approximate surface area is 143 Å². The highest BCUT2D eigenvalue weighted by Gasteiger charge is 2.20. The lowest BCUT2D eigenvalue weighted by Crippen LogP contribution is -2.37. The lowest BCUT2D eigenvalue weighted by Gasteiger charge is -2.27. The van der Waals surface area contributed by atoms with Gasteiger partial charge in [-0.1, -0.05) is 12.1 Å². The summed E-state index contributed by atoms with van der Waals surface area (Å²) in [6.45, 7) is 2.88. The van der Waals surface area contributed by atoms with E-state index in [9.17, 15) is 0 Å². The topological polar surface area (TPSA) is 103 Å². The molecule has 0 atom stereocenters. The van der Waals surface area contributed by atoms with Crippen molar-refractivity contribution in [3.63, 3.8) is 0 Å². The summed E-state index contributed by atoms with van der Waals surface area (Å²) in [5.41, 5.74) is 2.76. The fraction of sp³-hybridized carbons (Fsp3) is 0.294. The Kier molecular flexibility index (Phi) is 3.91. The number of rotatable bonds is 3. The minimum Gasteiger partial charge on any atom is -0.593 e. The van der Waals surface area contributed by atoms with Crippen molar-refractivity contribution < 1.29 is 9.84 Å². The van der Waals surface area contributed by atoms with Gasteiger partial charge in [-0.25, -0.2) is 9.97 Å². The molecule has 25 heavy (non-hydrogen) atoms. The summed E-state index contributed by atoms with van der Waals surface area (Å²) in [6, 6.07) is 9.34. The van der Waals surface area contributed by atoms with E-state index in [2.05, 4.69) is 20.9 Å². The number of nitriles is 1. The number of fused-ring (bicyclic) bond motifs is 1. The number of hydrogen-bond acceptors (Lipinski definition) is 6. The summed E-state index contributed by atoms with van der Waals surface area (Å²) in [5, 5.41) is 16.9. The standard InChI is InChI=1S/C17H16N6O2/c18-4-5-23-11-19-15-14(12-2-1-3-13(24)10-12)20-17(21-16(15)23)22-6-8-25-9-7-22/h1-3,10-11,24H,5-9H2/p+1. The van der Waals surface area contributed by atoms with Gasteiger partial charge in [-0.2, -0.15) is 10.2 Å². The fourth-order valence-electron chi connectivity index (χ4n) is 2.90. The largest absolute Gasteiger partial charge is 0.593 e. The molecule has 0 unspecified atom stereocenters. The zero-order chi connectivity index (χ0) is 17.2. The number of ether oxygens (including phenoxy) is 1. The van der Waals surface area contributed by atoms with Crippen LogP contribution in [0.2, 0.25) is 0 Å². The Morgan fingerprint density at radius 2 is 2.08 bits per heavy atom. The molecule has 1 saturated heterocycles. The van der Waals surface area contributed by atoms with Crippen LogP contribution in [0.5, 0.6) is 5.75 Å². The maximum absolute atomic E-state index is 9.04. The van der Waals surface area contributed by atoms with E-state index in [1.165, 1.54) is 0 Å². The first-order valence-corrected chi connectivity index (χ1v) is 8.01. The normalized spacial score (nSPS) is 14.6. The van der Waals surface area contributed by atoms with Gasteiger partial charge < -0.3 is 19.3 Å². The molecule has 4 rings (SSSR count). The third-order valence-corrected chi connectivity index (χ3v) is 4.12. The Bertz CT molecular complexity index is 955. The molecule has 1 fully saturated rings. The average molecular weight is 337 g/mol. The highest BCUT2D eigenvalue weighted by Crippen LogP contribution is 2.29. The van der Waals surface area contributed by atoms with Crippen molar-refractivity contribution in [2.24, 2.45) is 0 Å². The molecule has 1 aliphatic heterocycles. The van der Waals surface area contributed by atoms with Crippen LogP contribution in [0.25, 0.3) is 22.4 Å². The van der Waals surface area contributed by atoms with E-state index in [1.807, 2.05) is 12.1 Å². The van der Waals surface area contributed by atoms with Gasteiger partial charge in [0.05, 0.1) is 25.6 Å². The Hall–Kier alpha value is -3.18. The third-order valence-electron chi connectivity index (χ3n) is 4.12. The molecule has 0 aliphatic carbocycles. The summed E-state index contributed by atoms with van der Waals surface area (Å²) in [7, 11) is 0. The van der Waals surface area contributed by atoms with Crippen molar-refractivity contribution >= 4 is 17.1 Å². The molecule has 3 heterocycles. The molecule has 0 saturated carbocycles. The number of nitrogens with zero attached hydrogens (tertiary/aromatic N) is 6. The van der Waals surface area contributed by atoms with Gasteiger partial charge in [-0.15, -0.1) is 0 Å². The maximum atomic E-state index is 9.04. The Morgan fingerprint density at radius 3 is 2.84 bits per heavy atom. The van der Waals surface area contributed by atoms with E-state index in [0.717, 1.165) is 18.7 Å². The van der Waals surface area contributed by atoms with E-state index < -0.39 is 0 Å². The van der Waals surface area contributed by atoms with Crippen molar-refractivity contribution in [1.82, 2.24) is 19.5 Å². The number of aromatic nitrogens is 4. The van der Waals surface area contributed by atoms with E-state index in [4.69, 9.17) is 20.1 Å². The zero-order valence-corrected chi connectivity index (χ0v) is 13.5. The van der Waals surface area contributed by atoms with Crippen molar-refractivity contribution in [2.75, 3.05) is 31.2 Å². The van der Waals surface area contributed by atoms with Gasteiger partial charge in [-0.05, 0) is 0 Å². The number of anilines is 1. The molecule has 0 spiro atoms. The molecule has 3 aromatic rings. The molecule has 1 aliphatic rings. The minimum absolute atomic E-state index is 0.175. The number of imidazole rings is 1. The molecule has 126 valence electrons. The van der Waals surface area contributed by atoms with Crippen LogP contribution in [0.1, 0.15) is 0 Å². The molecule has 8 heteroatoms. The van der Waals surface area contributed by atoms with Crippen LogP contribution in [0.4, 0.5) is 5.95 Å². The van der Waals surface area contributed by atoms with Crippen molar-refractivity contribution in [3.8, 4) is 23.1 Å². The third kappa shape index (κ3) is 2.86. The zero-order valence-electron chi connectivity index (χ0n) is 13.5. The van der Waals surface area contributed by atoms with Gasteiger partial charge in [0.25, 0.3) is 5.75 Å². The molecule has 2 aromatic heterocycles. The highest BCUT2D eigenvalue weighted by molar-refractivity contribution is 5.88. The molecular weight excluding hydrogens is 320 g/mol. The van der Waals surface area contributed by atoms with Crippen LogP contribution in [0.3, 0.4) is 0 Å². The predicted octanol–water partition coefficient (Wildman–Crippen LogP) is 1.29. The predicted molar refractivity (Wildman–Crippen MR) is 92.5 cm³/mol. The second-order valence-corrected chi connectivity index (χ2v) is 5.76. The monoisotopic (exact) mass is 337 g/mol. The van der Waals surface area contributed by atoms with Crippen LogP contribution >= 0.6 is 0 Å². The van der Waals surface area contributed by atoms with Crippen LogP contribution in [-0.2, 0) is 11.3 Å². The molecule has 8 nitrogen and oxygen atoms in total. The first-order valence-electron chi connectivity index (χ1n) is 8.01. The lowest BCUT2D eigenvalue weighted by molar-refractivity contribution is 0.122. The van der Waals surface area contributed by atoms with Gasteiger partial charge in [0.1, 0.15) is 17.8 Å². The molecular formula is C17H17N6O2+.